The predicted octanol–water partition coefficient (Wildman–Crippen LogP) is 4.99. The van der Waals surface area contributed by atoms with Crippen LogP contribution in [-0.4, -0.2) is 6.04 Å². The third-order valence-corrected chi connectivity index (χ3v) is 5.03. The molecule has 2 heteroatoms. The molecule has 1 nitrogen and oxygen atoms in total. The lowest BCUT2D eigenvalue weighted by atomic mass is 10.1. The zero-order chi connectivity index (χ0) is 14.1. The first-order valence-electron chi connectivity index (χ1n) is 7.36. The highest BCUT2D eigenvalue weighted by atomic mass is 32.1. The number of hydrogen-bond donors (Lipinski definition) is 1. The molecule has 0 saturated carbocycles. The SMILES string of the molecule is c1csc(-c2ccccc2NC2Cc3ccccc3C2)c1. The molecular weight excluding hydrogens is 274 g/mol. The third-order valence-electron chi connectivity index (χ3n) is 4.12. The van der Waals surface area contributed by atoms with E-state index in [2.05, 4.69) is 71.4 Å². The fourth-order valence-electron chi connectivity index (χ4n) is 3.14. The predicted molar refractivity (Wildman–Crippen MR) is 91.0 cm³/mol. The van der Waals surface area contributed by atoms with Crippen LogP contribution in [0, 0.1) is 0 Å². The maximum atomic E-state index is 3.75. The number of para-hydroxylation sites is 1. The van der Waals surface area contributed by atoms with E-state index in [-0.39, 0.29) is 0 Å². The van der Waals surface area contributed by atoms with E-state index < -0.39 is 0 Å². The largest absolute Gasteiger partial charge is 0.381 e. The van der Waals surface area contributed by atoms with Crippen molar-refractivity contribution in [3.63, 3.8) is 0 Å². The molecule has 0 unspecified atom stereocenters. The van der Waals surface area contributed by atoms with Gasteiger partial charge in [0.25, 0.3) is 0 Å². The van der Waals surface area contributed by atoms with Crippen LogP contribution in [0.25, 0.3) is 10.4 Å². The molecule has 0 radical (unpaired) electrons. The van der Waals surface area contributed by atoms with Gasteiger partial charge in [-0.05, 0) is 41.5 Å². The summed E-state index contributed by atoms with van der Waals surface area (Å²) < 4.78 is 0. The Morgan fingerprint density at radius 2 is 1.52 bits per heavy atom. The summed E-state index contributed by atoms with van der Waals surface area (Å²) in [6.07, 6.45) is 2.24. The first kappa shape index (κ1) is 12.7. The smallest absolute Gasteiger partial charge is 0.0430 e. The zero-order valence-electron chi connectivity index (χ0n) is 11.8. The summed E-state index contributed by atoms with van der Waals surface area (Å²) >= 11 is 1.80. The van der Waals surface area contributed by atoms with Crippen LogP contribution in [0.15, 0.2) is 66.0 Å². The minimum absolute atomic E-state index is 0.503. The average Bonchev–Trinajstić information content (AvgIpc) is 3.16. The summed E-state index contributed by atoms with van der Waals surface area (Å²) in [7, 11) is 0. The van der Waals surface area contributed by atoms with Crippen LogP contribution in [0.4, 0.5) is 5.69 Å². The number of fused-ring (bicyclic) bond motifs is 1. The molecule has 1 heterocycles. The highest BCUT2D eigenvalue weighted by molar-refractivity contribution is 7.13. The summed E-state index contributed by atoms with van der Waals surface area (Å²) in [6, 6.07) is 22.2. The van der Waals surface area contributed by atoms with Crippen molar-refractivity contribution in [2.75, 3.05) is 5.32 Å². The summed E-state index contributed by atoms with van der Waals surface area (Å²) in [5.41, 5.74) is 5.54. The van der Waals surface area contributed by atoms with Gasteiger partial charge in [0.15, 0.2) is 0 Å². The Balaban J connectivity index is 1.59. The molecule has 1 aliphatic carbocycles. The lowest BCUT2D eigenvalue weighted by Crippen LogP contribution is -2.19. The summed E-state index contributed by atoms with van der Waals surface area (Å²) in [6.45, 7) is 0. The van der Waals surface area contributed by atoms with Crippen LogP contribution in [0.3, 0.4) is 0 Å². The second-order valence-electron chi connectivity index (χ2n) is 5.54. The Morgan fingerprint density at radius 3 is 2.24 bits per heavy atom. The van der Waals surface area contributed by atoms with E-state index in [1.807, 2.05) is 0 Å². The summed E-state index contributed by atoms with van der Waals surface area (Å²) in [4.78, 5) is 1.33. The summed E-state index contributed by atoms with van der Waals surface area (Å²) in [5.74, 6) is 0. The molecule has 0 atom stereocenters. The molecule has 2 aromatic carbocycles. The first-order chi connectivity index (χ1) is 10.4. The average molecular weight is 291 g/mol. The highest BCUT2D eigenvalue weighted by Gasteiger charge is 2.21. The Bertz CT molecular complexity index is 721. The van der Waals surface area contributed by atoms with Crippen molar-refractivity contribution in [1.82, 2.24) is 0 Å². The summed E-state index contributed by atoms with van der Waals surface area (Å²) in [5, 5.41) is 5.89. The standard InChI is InChI=1S/C19H17NS/c1-2-7-15-13-16(12-14(15)6-1)20-18-9-4-3-8-17(18)19-10-5-11-21-19/h1-11,16,20H,12-13H2. The lowest BCUT2D eigenvalue weighted by Gasteiger charge is -2.16. The van der Waals surface area contributed by atoms with E-state index in [1.54, 1.807) is 11.3 Å². The van der Waals surface area contributed by atoms with E-state index in [0.717, 1.165) is 12.8 Å². The molecule has 1 aliphatic rings. The van der Waals surface area contributed by atoms with E-state index in [9.17, 15) is 0 Å². The number of anilines is 1. The number of thiophene rings is 1. The molecule has 21 heavy (non-hydrogen) atoms. The second kappa shape index (κ2) is 5.38. The van der Waals surface area contributed by atoms with Gasteiger partial charge in [-0.2, -0.15) is 0 Å². The van der Waals surface area contributed by atoms with Crippen molar-refractivity contribution in [1.29, 1.82) is 0 Å². The van der Waals surface area contributed by atoms with Crippen molar-refractivity contribution in [3.05, 3.63) is 77.2 Å². The normalized spacial score (nSPS) is 14.1. The topological polar surface area (TPSA) is 12.0 Å². The van der Waals surface area contributed by atoms with Crippen molar-refractivity contribution < 1.29 is 0 Å². The van der Waals surface area contributed by atoms with Crippen LogP contribution in [-0.2, 0) is 12.8 Å². The second-order valence-corrected chi connectivity index (χ2v) is 6.49. The van der Waals surface area contributed by atoms with Gasteiger partial charge in [-0.15, -0.1) is 11.3 Å². The highest BCUT2D eigenvalue weighted by Crippen LogP contribution is 2.33. The van der Waals surface area contributed by atoms with E-state index in [4.69, 9.17) is 0 Å². The molecule has 3 aromatic rings. The Labute approximate surface area is 129 Å². The van der Waals surface area contributed by atoms with Crippen molar-refractivity contribution in [2.45, 2.75) is 18.9 Å². The van der Waals surface area contributed by atoms with Gasteiger partial charge in [0.05, 0.1) is 0 Å². The van der Waals surface area contributed by atoms with Gasteiger partial charge >= 0.3 is 0 Å². The monoisotopic (exact) mass is 291 g/mol. The molecule has 4 rings (SSSR count). The third kappa shape index (κ3) is 2.47. The maximum absolute atomic E-state index is 3.75. The molecular formula is C19H17NS. The van der Waals surface area contributed by atoms with Crippen LogP contribution in [0.1, 0.15) is 11.1 Å². The van der Waals surface area contributed by atoms with Gasteiger partial charge in [0.1, 0.15) is 0 Å². The van der Waals surface area contributed by atoms with Crippen molar-refractivity contribution in [2.24, 2.45) is 0 Å². The van der Waals surface area contributed by atoms with Gasteiger partial charge in [-0.1, -0.05) is 48.5 Å². The molecule has 1 aromatic heterocycles. The van der Waals surface area contributed by atoms with Crippen LogP contribution < -0.4 is 5.32 Å². The first-order valence-corrected chi connectivity index (χ1v) is 8.24. The molecule has 0 amide bonds. The Morgan fingerprint density at radius 1 is 0.810 bits per heavy atom. The number of rotatable bonds is 3. The molecule has 1 N–H and O–H groups in total. The quantitative estimate of drug-likeness (QED) is 0.716. The maximum Gasteiger partial charge on any atom is 0.0430 e. The molecule has 0 bridgehead atoms. The molecule has 104 valence electrons. The number of nitrogens with one attached hydrogen (secondary N) is 1. The van der Waals surface area contributed by atoms with Crippen molar-refractivity contribution >= 4 is 17.0 Å². The van der Waals surface area contributed by atoms with Gasteiger partial charge in [0.2, 0.25) is 0 Å². The van der Waals surface area contributed by atoms with Crippen molar-refractivity contribution in [3.8, 4) is 10.4 Å². The molecule has 0 fully saturated rings. The Kier molecular flexibility index (Phi) is 3.24. The molecule has 0 aliphatic heterocycles. The van der Waals surface area contributed by atoms with Gasteiger partial charge in [-0.25, -0.2) is 0 Å². The minimum atomic E-state index is 0.503. The fraction of sp³-hybridized carbons (Fsp3) is 0.158. The fourth-order valence-corrected chi connectivity index (χ4v) is 3.90. The molecule has 0 spiro atoms. The van der Waals surface area contributed by atoms with Gasteiger partial charge in [0, 0.05) is 22.2 Å². The van der Waals surface area contributed by atoms with E-state index in [1.165, 1.54) is 27.3 Å². The van der Waals surface area contributed by atoms with Crippen LogP contribution in [0.5, 0.6) is 0 Å². The Hall–Kier alpha value is -2.06. The molecule has 0 saturated heterocycles. The number of hydrogen-bond acceptors (Lipinski definition) is 2. The van der Waals surface area contributed by atoms with Gasteiger partial charge in [-0.3, -0.25) is 0 Å². The van der Waals surface area contributed by atoms with Crippen LogP contribution >= 0.6 is 11.3 Å². The minimum Gasteiger partial charge on any atom is -0.381 e. The zero-order valence-corrected chi connectivity index (χ0v) is 12.6. The van der Waals surface area contributed by atoms with E-state index in [0.29, 0.717) is 6.04 Å². The van der Waals surface area contributed by atoms with Gasteiger partial charge < -0.3 is 5.32 Å². The van der Waals surface area contributed by atoms with Crippen LogP contribution in [0.2, 0.25) is 0 Å². The number of benzene rings is 2. The lowest BCUT2D eigenvalue weighted by molar-refractivity contribution is 0.775. The van der Waals surface area contributed by atoms with E-state index >= 15 is 0 Å².